The van der Waals surface area contributed by atoms with Crippen molar-refractivity contribution < 1.29 is 13.2 Å². The molecule has 0 aromatic heterocycles. The van der Waals surface area contributed by atoms with Gasteiger partial charge in [0.1, 0.15) is 5.75 Å². The zero-order chi connectivity index (χ0) is 13.3. The summed E-state index contributed by atoms with van der Waals surface area (Å²) in [6.07, 6.45) is 0.659. The molecule has 1 aliphatic heterocycles. The molecule has 1 fully saturated rings. The number of alkyl halides is 1. The molecule has 1 heterocycles. The lowest BCUT2D eigenvalue weighted by Crippen LogP contribution is -2.11. The van der Waals surface area contributed by atoms with Gasteiger partial charge in [-0.25, -0.2) is 8.42 Å². The largest absolute Gasteiger partial charge is 0.496 e. The second kappa shape index (κ2) is 5.39. The molecule has 18 heavy (non-hydrogen) atoms. The Hall–Kier alpha value is -0.260. The van der Waals surface area contributed by atoms with E-state index < -0.39 is 9.84 Å². The van der Waals surface area contributed by atoms with Crippen LogP contribution in [0.3, 0.4) is 0 Å². The molecule has 2 unspecified atom stereocenters. The normalized spacial score (nSPS) is 23.8. The van der Waals surface area contributed by atoms with E-state index in [0.717, 1.165) is 5.56 Å². The summed E-state index contributed by atoms with van der Waals surface area (Å²) in [5, 5.41) is 0.598. The Morgan fingerprint density at radius 2 is 2.22 bits per heavy atom. The number of methoxy groups -OCH3 is 1. The second-order valence-electron chi connectivity index (χ2n) is 4.42. The molecule has 6 heteroatoms. The highest BCUT2D eigenvalue weighted by Crippen LogP contribution is 2.44. The van der Waals surface area contributed by atoms with Crippen molar-refractivity contribution in [1.29, 1.82) is 0 Å². The number of halogens is 2. The third kappa shape index (κ3) is 2.83. The Balaban J connectivity index is 2.32. The molecule has 0 amide bonds. The zero-order valence-electron chi connectivity index (χ0n) is 9.90. The van der Waals surface area contributed by atoms with Gasteiger partial charge in [0.25, 0.3) is 0 Å². The maximum absolute atomic E-state index is 11.5. The van der Waals surface area contributed by atoms with E-state index in [4.69, 9.17) is 16.3 Å². The fourth-order valence-electron chi connectivity index (χ4n) is 2.25. The Morgan fingerprint density at radius 3 is 2.78 bits per heavy atom. The lowest BCUT2D eigenvalue weighted by atomic mass is 9.98. The topological polar surface area (TPSA) is 43.4 Å². The highest BCUT2D eigenvalue weighted by molar-refractivity contribution is 9.09. The van der Waals surface area contributed by atoms with Gasteiger partial charge < -0.3 is 4.74 Å². The van der Waals surface area contributed by atoms with Crippen molar-refractivity contribution in [1.82, 2.24) is 0 Å². The zero-order valence-corrected chi connectivity index (χ0v) is 13.1. The van der Waals surface area contributed by atoms with Gasteiger partial charge in [-0.3, -0.25) is 0 Å². The van der Waals surface area contributed by atoms with E-state index in [-0.39, 0.29) is 22.3 Å². The highest BCUT2D eigenvalue weighted by Gasteiger charge is 2.35. The van der Waals surface area contributed by atoms with Crippen LogP contribution >= 0.6 is 27.5 Å². The monoisotopic (exact) mass is 352 g/mol. The van der Waals surface area contributed by atoms with Crippen LogP contribution in [0.4, 0.5) is 0 Å². The van der Waals surface area contributed by atoms with Crippen molar-refractivity contribution in [3.63, 3.8) is 0 Å². The molecule has 0 radical (unpaired) electrons. The molecular formula is C12H14BrClO3S. The molecule has 0 aliphatic carbocycles. The molecule has 0 N–H and O–H groups in total. The Morgan fingerprint density at radius 1 is 1.50 bits per heavy atom. The molecule has 2 rings (SSSR count). The van der Waals surface area contributed by atoms with Gasteiger partial charge in [-0.2, -0.15) is 0 Å². The molecular weight excluding hydrogens is 340 g/mol. The van der Waals surface area contributed by atoms with Crippen LogP contribution in [-0.4, -0.2) is 27.0 Å². The third-order valence-electron chi connectivity index (χ3n) is 3.19. The van der Waals surface area contributed by atoms with Gasteiger partial charge in [-0.15, -0.1) is 0 Å². The lowest BCUT2D eigenvalue weighted by Gasteiger charge is -2.20. The van der Waals surface area contributed by atoms with E-state index >= 15 is 0 Å². The number of rotatable bonds is 3. The number of hydrogen-bond donors (Lipinski definition) is 0. The first kappa shape index (κ1) is 14.2. The summed E-state index contributed by atoms with van der Waals surface area (Å²) < 4.78 is 28.4. The van der Waals surface area contributed by atoms with Crippen molar-refractivity contribution in [3.8, 4) is 5.75 Å². The second-order valence-corrected chi connectivity index (χ2v) is 8.04. The van der Waals surface area contributed by atoms with Gasteiger partial charge in [0, 0.05) is 15.4 Å². The molecule has 2 atom stereocenters. The fraction of sp³-hybridized carbons (Fsp3) is 0.500. The van der Waals surface area contributed by atoms with Gasteiger partial charge in [-0.1, -0.05) is 33.6 Å². The van der Waals surface area contributed by atoms with Crippen LogP contribution in [0.5, 0.6) is 5.75 Å². The lowest BCUT2D eigenvalue weighted by molar-refractivity contribution is 0.405. The summed E-state index contributed by atoms with van der Waals surface area (Å²) in [7, 11) is -1.31. The van der Waals surface area contributed by atoms with Gasteiger partial charge in [0.2, 0.25) is 0 Å². The number of sulfone groups is 1. The molecule has 1 aromatic rings. The van der Waals surface area contributed by atoms with Crippen molar-refractivity contribution in [2.45, 2.75) is 11.2 Å². The average Bonchev–Trinajstić information content (AvgIpc) is 2.68. The van der Waals surface area contributed by atoms with Crippen LogP contribution < -0.4 is 4.74 Å². The molecule has 3 nitrogen and oxygen atoms in total. The summed E-state index contributed by atoms with van der Waals surface area (Å²) in [5.74, 6) is 1.20. The number of hydrogen-bond acceptors (Lipinski definition) is 3. The highest BCUT2D eigenvalue weighted by atomic mass is 79.9. The average molecular weight is 354 g/mol. The SMILES string of the molecule is COc1cccc(Cl)c1C(Br)C1CCS(=O)(=O)C1. The molecule has 0 bridgehead atoms. The van der Waals surface area contributed by atoms with Gasteiger partial charge in [0.15, 0.2) is 9.84 Å². The van der Waals surface area contributed by atoms with Crippen LogP contribution in [-0.2, 0) is 9.84 Å². The maximum atomic E-state index is 11.5. The minimum atomic E-state index is -2.89. The van der Waals surface area contributed by atoms with Crippen molar-refractivity contribution >= 4 is 37.4 Å². The Kier molecular flexibility index (Phi) is 4.24. The van der Waals surface area contributed by atoms with E-state index in [1.165, 1.54) is 0 Å². The van der Waals surface area contributed by atoms with Crippen LogP contribution in [0.1, 0.15) is 16.8 Å². The summed E-state index contributed by atoms with van der Waals surface area (Å²) in [6.45, 7) is 0. The molecule has 1 aliphatic rings. The molecule has 1 aromatic carbocycles. The molecule has 0 saturated carbocycles. The van der Waals surface area contributed by atoms with E-state index in [0.29, 0.717) is 17.2 Å². The number of benzene rings is 1. The van der Waals surface area contributed by atoms with E-state index in [9.17, 15) is 8.42 Å². The quantitative estimate of drug-likeness (QED) is 0.784. The van der Waals surface area contributed by atoms with Crippen LogP contribution in [0, 0.1) is 5.92 Å². The first-order chi connectivity index (χ1) is 8.44. The first-order valence-electron chi connectivity index (χ1n) is 5.61. The van der Waals surface area contributed by atoms with Crippen molar-refractivity contribution in [3.05, 3.63) is 28.8 Å². The van der Waals surface area contributed by atoms with Crippen LogP contribution in [0.2, 0.25) is 5.02 Å². The molecule has 1 saturated heterocycles. The summed E-state index contributed by atoms with van der Waals surface area (Å²) >= 11 is 9.77. The van der Waals surface area contributed by atoms with Crippen molar-refractivity contribution in [2.75, 3.05) is 18.6 Å². The minimum absolute atomic E-state index is 0.0452. The number of ether oxygens (including phenoxy) is 1. The standard InChI is InChI=1S/C12H14BrClO3S/c1-17-10-4-2-3-9(14)11(10)12(13)8-5-6-18(15,16)7-8/h2-4,8,12H,5-7H2,1H3. The minimum Gasteiger partial charge on any atom is -0.496 e. The van der Waals surface area contributed by atoms with Crippen molar-refractivity contribution in [2.24, 2.45) is 5.92 Å². The predicted molar refractivity (Wildman–Crippen MR) is 76.4 cm³/mol. The van der Waals surface area contributed by atoms with E-state index in [1.807, 2.05) is 12.1 Å². The maximum Gasteiger partial charge on any atom is 0.150 e. The Labute approximate surface area is 121 Å². The molecule has 100 valence electrons. The van der Waals surface area contributed by atoms with E-state index in [1.54, 1.807) is 13.2 Å². The van der Waals surface area contributed by atoms with Gasteiger partial charge in [0.05, 0.1) is 18.6 Å². The predicted octanol–water partition coefficient (Wildman–Crippen LogP) is 3.22. The summed E-state index contributed by atoms with van der Waals surface area (Å²) in [5.41, 5.74) is 0.837. The summed E-state index contributed by atoms with van der Waals surface area (Å²) in [6, 6.07) is 5.44. The van der Waals surface area contributed by atoms with Crippen LogP contribution in [0.15, 0.2) is 18.2 Å². The van der Waals surface area contributed by atoms with Gasteiger partial charge >= 0.3 is 0 Å². The summed E-state index contributed by atoms with van der Waals surface area (Å²) in [4.78, 5) is -0.0987. The first-order valence-corrected chi connectivity index (χ1v) is 8.73. The fourth-order valence-corrected chi connectivity index (χ4v) is 5.68. The molecule has 0 spiro atoms. The smallest absolute Gasteiger partial charge is 0.150 e. The van der Waals surface area contributed by atoms with E-state index in [2.05, 4.69) is 15.9 Å². The van der Waals surface area contributed by atoms with Crippen LogP contribution in [0.25, 0.3) is 0 Å². The third-order valence-corrected chi connectivity index (χ3v) is 6.52. The van der Waals surface area contributed by atoms with Gasteiger partial charge in [-0.05, 0) is 24.5 Å². The Bertz CT molecular complexity index is 544.